The minimum atomic E-state index is -11.3. The van der Waals surface area contributed by atoms with Gasteiger partial charge in [-0.15, -0.1) is 0 Å². The van der Waals surface area contributed by atoms with Gasteiger partial charge in [-0.2, -0.15) is 0 Å². The molecule has 0 unspecified atom stereocenters. The molecule has 48 valence electrons. The molecule has 0 aliphatic rings. The van der Waals surface area contributed by atoms with Crippen LogP contribution in [0.5, 0.6) is 0 Å². The Hall–Kier alpha value is 4.07. The fraction of sp³-hybridized carbons (Fsp3) is 0. The molecule has 0 saturated carbocycles. The van der Waals surface area contributed by atoms with Gasteiger partial charge in [0.15, 0.2) is 0 Å². The van der Waals surface area contributed by atoms with Gasteiger partial charge in [0.2, 0.25) is 0 Å². The summed E-state index contributed by atoms with van der Waals surface area (Å²) in [5.41, 5.74) is 0. The molecule has 0 spiro atoms. The first kappa shape index (κ1) is 18.8. The monoisotopic (exact) mass is 374 g/mol. The first-order chi connectivity index (χ1) is 2.45. The van der Waals surface area contributed by atoms with Crippen molar-refractivity contribution in [2.45, 2.75) is 0 Å². The molecule has 9 heavy (non-hydrogen) atoms. The van der Waals surface area contributed by atoms with Crippen LogP contribution in [0.15, 0.2) is 0 Å². The third-order valence-electron chi connectivity index (χ3n) is 0. The van der Waals surface area contributed by atoms with E-state index in [0.717, 1.165) is 0 Å². The average molecular weight is 376 g/mol. The van der Waals surface area contributed by atoms with Crippen LogP contribution in [0.4, 0.5) is 15.8 Å². The average Bonchev–Trinajstić information content (AvgIpc) is 0.592. The zero-order valence-corrected chi connectivity index (χ0v) is 17.1. The van der Waals surface area contributed by atoms with Crippen molar-refractivity contribution >= 4 is 0 Å². The molecule has 0 heterocycles. The van der Waals surface area contributed by atoms with Crippen LogP contribution < -0.4 is 116 Å². The quantitative estimate of drug-likeness (QED) is 0.386. The minimum Gasteiger partial charge on any atom is 1.00 e. The van der Waals surface area contributed by atoms with E-state index in [0.29, 0.717) is 0 Å². The predicted octanol–water partition coefficient (Wildman–Crippen LogP) is -3.47. The van der Waals surface area contributed by atoms with E-state index in [-0.39, 0.29) is 116 Å². The molecule has 0 aromatic heterocycles. The summed E-state index contributed by atoms with van der Waals surface area (Å²) < 4.78 is 59.6. The van der Waals surface area contributed by atoms with Crippen molar-refractivity contribution in [1.82, 2.24) is 0 Å². The van der Waals surface area contributed by atoms with Gasteiger partial charge in [-0.25, -0.2) is 0 Å². The zero-order chi connectivity index (χ0) is 6.41. The molecule has 0 saturated heterocycles. The summed E-state index contributed by atoms with van der Waals surface area (Å²) in [6, 6.07) is 0. The molecular weight excluding hydrogens is 376 g/mol. The smallest absolute Gasteiger partial charge is 1.00 e. The fourth-order valence-corrected chi connectivity index (χ4v) is 0. The molecule has 0 radical (unpaired) electrons. The van der Waals surface area contributed by atoms with E-state index in [2.05, 4.69) is 0 Å². The van der Waals surface area contributed by atoms with E-state index in [9.17, 15) is 15.8 Å². The molecule has 0 fully saturated rings. The van der Waals surface area contributed by atoms with Crippen molar-refractivity contribution in [2.24, 2.45) is 0 Å². The Morgan fingerprint density at radius 1 is 0.556 bits per heavy atom. The largest absolute Gasteiger partial charge is 1.00 e. The van der Waals surface area contributed by atoms with Gasteiger partial charge in [0.25, 0.3) is 0 Å². The van der Waals surface area contributed by atoms with E-state index in [1.807, 2.05) is 0 Å². The molecule has 0 nitrogen and oxygen atoms in total. The predicted molar refractivity (Wildman–Crippen MR) is 6.65 cm³/mol. The third-order valence-corrected chi connectivity index (χ3v) is 0. The summed E-state index contributed by atoms with van der Waals surface area (Å²) in [5.74, 6) is 0. The molecule has 0 aromatic rings. The molecule has 0 amide bonds. The summed E-state index contributed by atoms with van der Waals surface area (Å²) >= 11 is -11.3. The first-order valence-electron chi connectivity index (χ1n) is 1.13. The van der Waals surface area contributed by atoms with Gasteiger partial charge in [0, 0.05) is 0 Å². The second kappa shape index (κ2) is 4.07. The topological polar surface area (TPSA) is 0 Å². The summed E-state index contributed by atoms with van der Waals surface area (Å²) in [6.45, 7) is 0. The number of halogens is 6. The maximum absolute atomic E-state index is 11.3. The van der Waals surface area contributed by atoms with Crippen molar-refractivity contribution in [3.8, 4) is 0 Å². The Morgan fingerprint density at radius 2 is 0.556 bits per heavy atom. The molecular formula is F6Rb2Zr. The van der Waals surface area contributed by atoms with E-state index in [1.54, 1.807) is 0 Å². The van der Waals surface area contributed by atoms with Crippen molar-refractivity contribution in [3.63, 3.8) is 0 Å². The van der Waals surface area contributed by atoms with Crippen LogP contribution in [0.2, 0.25) is 0 Å². The zero-order valence-electron chi connectivity index (χ0n) is 4.77. The van der Waals surface area contributed by atoms with E-state index < -0.39 is 21.0 Å². The second-order valence-corrected chi connectivity index (χ2v) is 6.34. The van der Waals surface area contributed by atoms with Gasteiger partial charge >= 0.3 is 153 Å². The van der Waals surface area contributed by atoms with Crippen LogP contribution in [-0.2, 0) is 21.0 Å². The van der Waals surface area contributed by atoms with E-state index in [1.165, 1.54) is 0 Å². The van der Waals surface area contributed by atoms with Crippen LogP contribution in [0.3, 0.4) is 0 Å². The Bertz CT molecular complexity index is 69.6. The summed E-state index contributed by atoms with van der Waals surface area (Å²) in [7, 11) is 0. The number of hydrogen-bond donors (Lipinski definition) is 0. The van der Waals surface area contributed by atoms with Crippen LogP contribution in [0, 0.1) is 0 Å². The van der Waals surface area contributed by atoms with Crippen LogP contribution >= 0.6 is 0 Å². The molecule has 0 atom stereocenters. The molecule has 9 heteroatoms. The molecule has 0 aromatic carbocycles. The van der Waals surface area contributed by atoms with Gasteiger partial charge in [-0.1, -0.05) is 0 Å². The van der Waals surface area contributed by atoms with E-state index in [4.69, 9.17) is 0 Å². The summed E-state index contributed by atoms with van der Waals surface area (Å²) in [4.78, 5) is 0. The van der Waals surface area contributed by atoms with Gasteiger partial charge in [-0.3, -0.25) is 0 Å². The van der Waals surface area contributed by atoms with Gasteiger partial charge in [0.1, 0.15) is 0 Å². The Kier molecular flexibility index (Phi) is 8.49. The normalized spacial score (nSPS) is 18.0. The van der Waals surface area contributed by atoms with Gasteiger partial charge in [-0.05, 0) is 0 Å². The Labute approximate surface area is 148 Å². The van der Waals surface area contributed by atoms with Gasteiger partial charge in [0.05, 0.1) is 0 Å². The Morgan fingerprint density at radius 3 is 0.556 bits per heavy atom. The molecule has 0 rings (SSSR count). The van der Waals surface area contributed by atoms with Crippen molar-refractivity contribution in [1.29, 1.82) is 0 Å². The van der Waals surface area contributed by atoms with Crippen LogP contribution in [0.25, 0.3) is 0 Å². The number of rotatable bonds is 0. The summed E-state index contributed by atoms with van der Waals surface area (Å²) in [5, 5.41) is 0. The SMILES string of the molecule is [F][Zr-2]([F])([F])([F])([F])[F].[Rb+].[Rb+]. The van der Waals surface area contributed by atoms with Crippen LogP contribution in [-0.4, -0.2) is 0 Å². The second-order valence-electron chi connectivity index (χ2n) is 1.07. The van der Waals surface area contributed by atoms with Crippen molar-refractivity contribution in [3.05, 3.63) is 0 Å². The Balaban J connectivity index is -0.000000180. The molecule has 0 aliphatic heterocycles. The molecule has 0 bridgehead atoms. The maximum Gasteiger partial charge on any atom is 1.00 e. The summed E-state index contributed by atoms with van der Waals surface area (Å²) in [6.07, 6.45) is 0. The van der Waals surface area contributed by atoms with Gasteiger partial charge < -0.3 is 0 Å². The molecule has 0 aliphatic carbocycles. The van der Waals surface area contributed by atoms with Crippen molar-refractivity contribution < 1.29 is 153 Å². The van der Waals surface area contributed by atoms with Crippen molar-refractivity contribution in [2.75, 3.05) is 0 Å². The minimum absolute atomic E-state index is 0. The molecule has 0 N–H and O–H groups in total. The van der Waals surface area contributed by atoms with Crippen LogP contribution in [0.1, 0.15) is 0 Å². The van der Waals surface area contributed by atoms with E-state index >= 15 is 0 Å². The maximum atomic E-state index is 9.93. The standard InChI is InChI=1S/6FH.2Rb.Zr/h6*1H;;;/q;;;;;;2*+1;+4/p-6. The number of hydrogen-bond acceptors (Lipinski definition) is 0. The first-order valence-corrected chi connectivity index (χ1v) is 6.71. The fourth-order valence-electron chi connectivity index (χ4n) is 0. The third kappa shape index (κ3) is 73.8.